The SMILES string of the molecule is C.c1ccc(N(c2ccc(-c3ccc(C4(c5ccccc5)c5ccccc5-c5c4ccc4c5Oc5ccccc5O4)cc3)cc2)c2ccccc2-n2c3ccccc3c3ccccc32)cc1.c1ccc(N(c2ccccc2)c2ccc(C3(c4cccc(-n5c6ccccc6c6ccccc65)c4)c4ccccc4-c4c3ccc3c4Oc4ccccc4O3)cc2)cc1. The molecule has 0 amide bonds. The molecule has 25 rings (SSSR count). The first kappa shape index (κ1) is 73.7. The maximum atomic E-state index is 6.83. The number of fused-ring (bicyclic) bond motifs is 18. The molecule has 0 radical (unpaired) electrons. The third-order valence-electron chi connectivity index (χ3n) is 25.5. The summed E-state index contributed by atoms with van der Waals surface area (Å²) in [6.45, 7) is 0. The Labute approximate surface area is 725 Å². The summed E-state index contributed by atoms with van der Waals surface area (Å²) in [6.07, 6.45) is 0. The van der Waals surface area contributed by atoms with E-state index < -0.39 is 10.8 Å². The first-order chi connectivity index (χ1) is 61.5. The van der Waals surface area contributed by atoms with E-state index in [-0.39, 0.29) is 7.43 Å². The van der Waals surface area contributed by atoms with Crippen molar-refractivity contribution in [2.45, 2.75) is 18.3 Å². The van der Waals surface area contributed by atoms with E-state index in [1.807, 2.05) is 48.5 Å². The molecule has 4 aliphatic rings. The first-order valence-electron chi connectivity index (χ1n) is 42.3. The van der Waals surface area contributed by atoms with Gasteiger partial charge in [0.1, 0.15) is 0 Å². The lowest BCUT2D eigenvalue weighted by Gasteiger charge is -2.35. The van der Waals surface area contributed by atoms with Crippen LogP contribution >= 0.6 is 0 Å². The Kier molecular flexibility index (Phi) is 17.7. The van der Waals surface area contributed by atoms with Crippen molar-refractivity contribution in [2.75, 3.05) is 9.80 Å². The first-order valence-corrected chi connectivity index (χ1v) is 42.3. The van der Waals surface area contributed by atoms with Gasteiger partial charge >= 0.3 is 0 Å². The monoisotopic (exact) mass is 1600 g/mol. The Morgan fingerprint density at radius 1 is 0.216 bits per heavy atom. The largest absolute Gasteiger partial charge is 0.449 e. The summed E-state index contributed by atoms with van der Waals surface area (Å²) in [5.41, 5.74) is 28.3. The van der Waals surface area contributed by atoms with Gasteiger partial charge in [-0.1, -0.05) is 323 Å². The molecule has 8 nitrogen and oxygen atoms in total. The summed E-state index contributed by atoms with van der Waals surface area (Å²) in [5.74, 6) is 5.80. The Morgan fingerprint density at radius 3 is 1.04 bits per heavy atom. The smallest absolute Gasteiger partial charge is 0.178 e. The molecule has 0 saturated carbocycles. The van der Waals surface area contributed by atoms with Gasteiger partial charge in [-0.05, 0) is 212 Å². The molecule has 2 atom stereocenters. The van der Waals surface area contributed by atoms with E-state index in [2.05, 4.69) is 431 Å². The van der Waals surface area contributed by atoms with Crippen LogP contribution in [0, 0.1) is 0 Å². The molecule has 8 heteroatoms. The number of hydrogen-bond acceptors (Lipinski definition) is 6. The number of hydrogen-bond donors (Lipinski definition) is 0. The molecule has 19 aromatic carbocycles. The van der Waals surface area contributed by atoms with Crippen molar-refractivity contribution in [1.29, 1.82) is 0 Å². The number of anilines is 6. The summed E-state index contributed by atoms with van der Waals surface area (Å²) < 4.78 is 31.4. The molecule has 0 fully saturated rings. The number of para-hydroxylation sites is 13. The number of ether oxygens (including phenoxy) is 4. The summed E-state index contributed by atoms with van der Waals surface area (Å²) in [7, 11) is 0. The van der Waals surface area contributed by atoms with Crippen LogP contribution in [0.15, 0.2) is 461 Å². The molecule has 592 valence electrons. The average Bonchev–Trinajstić information content (AvgIpc) is 1.54. The molecule has 2 aliphatic carbocycles. The highest BCUT2D eigenvalue weighted by Gasteiger charge is 2.51. The quantitative estimate of drug-likeness (QED) is 0.115. The molecule has 125 heavy (non-hydrogen) atoms. The highest BCUT2D eigenvalue weighted by molar-refractivity contribution is 6.11. The highest BCUT2D eigenvalue weighted by atomic mass is 16.6. The van der Waals surface area contributed by atoms with Gasteiger partial charge in [0.15, 0.2) is 46.0 Å². The predicted molar refractivity (Wildman–Crippen MR) is 511 cm³/mol. The van der Waals surface area contributed by atoms with Gasteiger partial charge in [-0.25, -0.2) is 0 Å². The van der Waals surface area contributed by atoms with Crippen LogP contribution in [0.2, 0.25) is 0 Å². The molecule has 2 aromatic heterocycles. The fourth-order valence-corrected chi connectivity index (χ4v) is 20.2. The average molecular weight is 1610 g/mol. The Morgan fingerprint density at radius 2 is 0.552 bits per heavy atom. The van der Waals surface area contributed by atoms with E-state index in [0.717, 1.165) is 124 Å². The number of benzene rings is 19. The number of nitrogens with zero attached hydrogens (tertiary/aromatic N) is 4. The van der Waals surface area contributed by atoms with Crippen molar-refractivity contribution in [3.05, 3.63) is 506 Å². The molecule has 0 saturated heterocycles. The Hall–Kier alpha value is -16.4. The minimum absolute atomic E-state index is 0. The van der Waals surface area contributed by atoms with E-state index in [4.69, 9.17) is 18.9 Å². The van der Waals surface area contributed by atoms with E-state index in [1.165, 1.54) is 71.4 Å². The van der Waals surface area contributed by atoms with Crippen LogP contribution in [0.3, 0.4) is 0 Å². The molecular weight excluding hydrogens is 1530 g/mol. The number of aromatic nitrogens is 2. The van der Waals surface area contributed by atoms with Crippen LogP contribution in [0.4, 0.5) is 34.1 Å². The van der Waals surface area contributed by atoms with Crippen LogP contribution in [0.25, 0.3) is 88.4 Å². The summed E-state index contributed by atoms with van der Waals surface area (Å²) in [4.78, 5) is 4.69. The van der Waals surface area contributed by atoms with Gasteiger partial charge in [-0.15, -0.1) is 0 Å². The van der Waals surface area contributed by atoms with Crippen LogP contribution in [0.1, 0.15) is 51.9 Å². The lowest BCUT2D eigenvalue weighted by Crippen LogP contribution is -2.29. The van der Waals surface area contributed by atoms with E-state index in [0.29, 0.717) is 17.2 Å². The fourth-order valence-electron chi connectivity index (χ4n) is 20.2. The van der Waals surface area contributed by atoms with Gasteiger partial charge in [0.25, 0.3) is 0 Å². The highest BCUT2D eigenvalue weighted by Crippen LogP contribution is 2.65. The van der Waals surface area contributed by atoms with Crippen molar-refractivity contribution in [3.8, 4) is 90.8 Å². The standard InChI is InChI=1S/C61H40N2O2.C55H36N2O2.CH4/c1-3-17-43(18-4-1)61(50-24-10-7-23-49(50)59-51(61)39-40-58-60(59)65-57-30-16-15-29-56(57)64-58)44-35-31-41(32-36-44)42-33-37-46(38-34-42)62(45-19-5-2-6-20-45)54-27-13-14-28-55(54)63-52-25-11-8-21-47(52)48-22-9-12-26-53(48)63;1-3-17-39(18-4-1)56(40-19-5-2-6-20-40)41-32-30-37(31-33-41)55(38-16-15-21-42(36-38)57-48-26-11-8-22-43(48)44-23-9-12-27-49(44)57)46-25-10-7-24-45(46)53-47(55)34-35-52-54(53)59-51-29-14-13-28-50(51)58-52;/h1-40H;1-36H;1H4. The minimum atomic E-state index is -0.709. The van der Waals surface area contributed by atoms with Gasteiger partial charge in [0.05, 0.1) is 44.3 Å². The second kappa shape index (κ2) is 30.1. The van der Waals surface area contributed by atoms with Gasteiger partial charge in [0.2, 0.25) is 0 Å². The molecular formula is C117H80N4O4. The summed E-state index contributed by atoms with van der Waals surface area (Å²) >= 11 is 0. The molecule has 0 spiro atoms. The number of rotatable bonds is 13. The zero-order valence-electron chi connectivity index (χ0n) is 67.3. The zero-order chi connectivity index (χ0) is 81.8. The maximum Gasteiger partial charge on any atom is 0.178 e. The molecule has 2 unspecified atom stereocenters. The Balaban J connectivity index is 0.000000144. The third kappa shape index (κ3) is 11.7. The van der Waals surface area contributed by atoms with Gasteiger partial charge < -0.3 is 37.9 Å². The van der Waals surface area contributed by atoms with Crippen molar-refractivity contribution < 1.29 is 18.9 Å². The second-order valence-electron chi connectivity index (χ2n) is 32.0. The lowest BCUT2D eigenvalue weighted by molar-refractivity contribution is 0.360. The lowest BCUT2D eigenvalue weighted by atomic mass is 9.67. The molecule has 4 heterocycles. The topological polar surface area (TPSA) is 53.3 Å². The van der Waals surface area contributed by atoms with Crippen molar-refractivity contribution in [1.82, 2.24) is 9.13 Å². The molecule has 2 aliphatic heterocycles. The molecule has 0 bridgehead atoms. The van der Waals surface area contributed by atoms with Gasteiger partial charge in [0, 0.05) is 66.8 Å². The third-order valence-corrected chi connectivity index (χ3v) is 25.5. The van der Waals surface area contributed by atoms with Crippen LogP contribution < -0.4 is 28.7 Å². The van der Waals surface area contributed by atoms with E-state index in [1.54, 1.807) is 0 Å². The zero-order valence-corrected chi connectivity index (χ0v) is 67.3. The normalized spacial score (nSPS) is 14.5. The van der Waals surface area contributed by atoms with Gasteiger partial charge in [-0.2, -0.15) is 0 Å². The minimum Gasteiger partial charge on any atom is -0.449 e. The summed E-state index contributed by atoms with van der Waals surface area (Å²) in [6, 6.07) is 165. The van der Waals surface area contributed by atoms with Crippen LogP contribution in [-0.4, -0.2) is 9.13 Å². The fraction of sp³-hybridized carbons (Fsp3) is 0.0256. The van der Waals surface area contributed by atoms with E-state index >= 15 is 0 Å². The van der Waals surface area contributed by atoms with Crippen molar-refractivity contribution in [3.63, 3.8) is 0 Å². The molecule has 0 N–H and O–H groups in total. The van der Waals surface area contributed by atoms with E-state index in [9.17, 15) is 0 Å². The Bertz CT molecular complexity index is 7590. The van der Waals surface area contributed by atoms with Crippen LogP contribution in [0.5, 0.6) is 46.0 Å². The van der Waals surface area contributed by atoms with Crippen molar-refractivity contribution in [2.24, 2.45) is 0 Å². The second-order valence-corrected chi connectivity index (χ2v) is 32.0. The predicted octanol–water partition coefficient (Wildman–Crippen LogP) is 31.3. The van der Waals surface area contributed by atoms with Crippen LogP contribution in [-0.2, 0) is 10.8 Å². The molecule has 21 aromatic rings. The maximum absolute atomic E-state index is 6.83. The van der Waals surface area contributed by atoms with Gasteiger partial charge in [-0.3, -0.25) is 0 Å². The van der Waals surface area contributed by atoms with Crippen molar-refractivity contribution >= 4 is 77.7 Å². The summed E-state index contributed by atoms with van der Waals surface area (Å²) in [5, 5.41) is 4.95.